The van der Waals surface area contributed by atoms with E-state index in [1.807, 2.05) is 11.7 Å². The van der Waals surface area contributed by atoms with Crippen molar-refractivity contribution in [2.75, 3.05) is 30.9 Å². The molecular weight excluding hydrogens is 240 g/mol. The van der Waals surface area contributed by atoms with Crippen LogP contribution in [0, 0.1) is 0 Å². The Morgan fingerprint density at radius 1 is 1.32 bits per heavy atom. The van der Waals surface area contributed by atoms with E-state index in [2.05, 4.69) is 30.8 Å². The highest BCUT2D eigenvalue weighted by Gasteiger charge is 2.23. The van der Waals surface area contributed by atoms with Crippen molar-refractivity contribution in [3.8, 4) is 0 Å². The van der Waals surface area contributed by atoms with Gasteiger partial charge in [-0.2, -0.15) is 5.10 Å². The number of nitrogens with two attached hydrogens (primary N) is 1. The molecule has 1 aromatic heterocycles. The topological polar surface area (TPSA) is 56.3 Å². The summed E-state index contributed by atoms with van der Waals surface area (Å²) in [6.45, 7) is 8.04. The van der Waals surface area contributed by atoms with Gasteiger partial charge in [0.2, 0.25) is 0 Å². The lowest BCUT2D eigenvalue weighted by molar-refractivity contribution is 0.202. The van der Waals surface area contributed by atoms with Gasteiger partial charge in [-0.25, -0.2) is 0 Å². The summed E-state index contributed by atoms with van der Waals surface area (Å²) >= 11 is 0. The van der Waals surface area contributed by atoms with Crippen LogP contribution in [0.1, 0.15) is 39.3 Å². The molecule has 5 heteroatoms. The Bertz CT molecular complexity index is 385. The van der Waals surface area contributed by atoms with Crippen LogP contribution >= 0.6 is 0 Å². The zero-order valence-electron chi connectivity index (χ0n) is 12.9. The third kappa shape index (κ3) is 3.41. The van der Waals surface area contributed by atoms with Crippen LogP contribution in [0.5, 0.6) is 0 Å². The molecule has 0 amide bonds. The number of nitrogens with zero attached hydrogens (tertiary/aromatic N) is 3. The molecule has 1 rings (SSSR count). The summed E-state index contributed by atoms with van der Waals surface area (Å²) in [5, 5.41) is 4.52. The van der Waals surface area contributed by atoms with E-state index in [1.165, 1.54) is 0 Å². The first-order valence-electron chi connectivity index (χ1n) is 7.17. The highest BCUT2D eigenvalue weighted by molar-refractivity contribution is 5.67. The average molecular weight is 268 g/mol. The van der Waals surface area contributed by atoms with Crippen LogP contribution in [-0.2, 0) is 18.2 Å². The molecule has 0 radical (unpaired) electrons. The molecule has 0 unspecified atom stereocenters. The minimum atomic E-state index is 0.470. The fraction of sp³-hybridized carbons (Fsp3) is 0.786. The lowest BCUT2D eigenvalue weighted by atomic mass is 10.1. The first kappa shape index (κ1) is 15.8. The minimum Gasteiger partial charge on any atom is -0.394 e. The molecular formula is C14H28N4O. The Morgan fingerprint density at radius 2 is 1.95 bits per heavy atom. The second kappa shape index (κ2) is 7.38. The zero-order chi connectivity index (χ0) is 14.4. The van der Waals surface area contributed by atoms with E-state index >= 15 is 0 Å². The van der Waals surface area contributed by atoms with Crippen molar-refractivity contribution < 1.29 is 4.74 Å². The first-order valence-corrected chi connectivity index (χ1v) is 7.17. The van der Waals surface area contributed by atoms with E-state index in [4.69, 9.17) is 10.5 Å². The molecule has 1 heterocycles. The number of aromatic nitrogens is 2. The number of rotatable bonds is 8. The van der Waals surface area contributed by atoms with Gasteiger partial charge in [0.25, 0.3) is 0 Å². The van der Waals surface area contributed by atoms with Gasteiger partial charge in [0.05, 0.1) is 18.0 Å². The molecule has 0 atom stereocenters. The monoisotopic (exact) mass is 268 g/mol. The summed E-state index contributed by atoms with van der Waals surface area (Å²) in [5.41, 5.74) is 8.06. The van der Waals surface area contributed by atoms with Crippen molar-refractivity contribution in [2.24, 2.45) is 7.05 Å². The number of nitrogen functional groups attached to an aromatic ring is 1. The third-order valence-electron chi connectivity index (χ3n) is 3.66. The van der Waals surface area contributed by atoms with Crippen molar-refractivity contribution in [1.29, 1.82) is 0 Å². The lowest BCUT2D eigenvalue weighted by Gasteiger charge is -2.32. The van der Waals surface area contributed by atoms with E-state index in [9.17, 15) is 0 Å². The fourth-order valence-corrected chi connectivity index (χ4v) is 2.57. The van der Waals surface area contributed by atoms with Gasteiger partial charge in [0, 0.05) is 26.7 Å². The Labute approximate surface area is 116 Å². The molecule has 1 aromatic rings. The molecule has 110 valence electrons. The smallest absolute Gasteiger partial charge is 0.150 e. The van der Waals surface area contributed by atoms with Crippen LogP contribution in [-0.4, -0.2) is 36.1 Å². The lowest BCUT2D eigenvalue weighted by Crippen LogP contribution is -2.38. The highest BCUT2D eigenvalue weighted by Crippen LogP contribution is 2.29. The van der Waals surface area contributed by atoms with Crippen LogP contribution in [0.4, 0.5) is 11.5 Å². The maximum absolute atomic E-state index is 6.27. The SMILES string of the molecule is CCc1nn(C)c(N(CCOC)C(CC)CC)c1N. The van der Waals surface area contributed by atoms with Gasteiger partial charge in [-0.05, 0) is 19.3 Å². The Kier molecular flexibility index (Phi) is 6.15. The molecule has 0 aliphatic rings. The first-order chi connectivity index (χ1) is 9.10. The van der Waals surface area contributed by atoms with E-state index in [0.29, 0.717) is 12.6 Å². The maximum Gasteiger partial charge on any atom is 0.150 e. The number of ether oxygens (including phenoxy) is 1. The Hall–Kier alpha value is -1.23. The van der Waals surface area contributed by atoms with Crippen molar-refractivity contribution >= 4 is 11.5 Å². The Balaban J connectivity index is 3.12. The van der Waals surface area contributed by atoms with Gasteiger partial charge >= 0.3 is 0 Å². The number of hydrogen-bond donors (Lipinski definition) is 1. The second-order valence-electron chi connectivity index (χ2n) is 4.82. The Morgan fingerprint density at radius 3 is 2.37 bits per heavy atom. The fourth-order valence-electron chi connectivity index (χ4n) is 2.57. The molecule has 0 spiro atoms. The maximum atomic E-state index is 6.27. The van der Waals surface area contributed by atoms with Crippen LogP contribution in [0.15, 0.2) is 0 Å². The molecule has 0 saturated heterocycles. The van der Waals surface area contributed by atoms with Gasteiger partial charge in [-0.1, -0.05) is 20.8 Å². The zero-order valence-corrected chi connectivity index (χ0v) is 12.9. The molecule has 0 aliphatic carbocycles. The van der Waals surface area contributed by atoms with E-state index in [-0.39, 0.29) is 0 Å². The number of anilines is 2. The predicted molar refractivity (Wildman–Crippen MR) is 80.6 cm³/mol. The van der Waals surface area contributed by atoms with E-state index in [0.717, 1.165) is 43.0 Å². The summed E-state index contributed by atoms with van der Waals surface area (Å²) < 4.78 is 7.14. The number of aryl methyl sites for hydroxylation is 2. The molecule has 2 N–H and O–H groups in total. The quantitative estimate of drug-likeness (QED) is 0.785. The van der Waals surface area contributed by atoms with E-state index < -0.39 is 0 Å². The van der Waals surface area contributed by atoms with Gasteiger partial charge in [0.1, 0.15) is 0 Å². The number of methoxy groups -OCH3 is 1. The van der Waals surface area contributed by atoms with Crippen molar-refractivity contribution in [1.82, 2.24) is 9.78 Å². The van der Waals surface area contributed by atoms with Gasteiger partial charge in [0.15, 0.2) is 5.82 Å². The molecule has 0 saturated carbocycles. The van der Waals surface area contributed by atoms with Crippen LogP contribution in [0.2, 0.25) is 0 Å². The molecule has 0 fully saturated rings. The molecule has 5 nitrogen and oxygen atoms in total. The van der Waals surface area contributed by atoms with Crippen molar-refractivity contribution in [2.45, 2.75) is 46.1 Å². The van der Waals surface area contributed by atoms with Gasteiger partial charge < -0.3 is 15.4 Å². The van der Waals surface area contributed by atoms with Gasteiger partial charge in [-0.3, -0.25) is 4.68 Å². The summed E-state index contributed by atoms with van der Waals surface area (Å²) in [6.07, 6.45) is 3.04. The summed E-state index contributed by atoms with van der Waals surface area (Å²) in [5.74, 6) is 1.03. The number of hydrogen-bond acceptors (Lipinski definition) is 4. The van der Waals surface area contributed by atoms with Crippen LogP contribution in [0.25, 0.3) is 0 Å². The molecule has 0 bridgehead atoms. The summed E-state index contributed by atoms with van der Waals surface area (Å²) in [4.78, 5) is 2.34. The molecule has 0 aliphatic heterocycles. The molecule has 0 aromatic carbocycles. The van der Waals surface area contributed by atoms with Crippen molar-refractivity contribution in [3.63, 3.8) is 0 Å². The van der Waals surface area contributed by atoms with Crippen LogP contribution in [0.3, 0.4) is 0 Å². The van der Waals surface area contributed by atoms with Crippen molar-refractivity contribution in [3.05, 3.63) is 5.69 Å². The van der Waals surface area contributed by atoms with E-state index in [1.54, 1.807) is 7.11 Å². The highest BCUT2D eigenvalue weighted by atomic mass is 16.5. The van der Waals surface area contributed by atoms with Gasteiger partial charge in [-0.15, -0.1) is 0 Å². The van der Waals surface area contributed by atoms with Crippen LogP contribution < -0.4 is 10.6 Å². The normalized spacial score (nSPS) is 11.3. The minimum absolute atomic E-state index is 0.470. The summed E-state index contributed by atoms with van der Waals surface area (Å²) in [6, 6.07) is 0.470. The summed E-state index contributed by atoms with van der Waals surface area (Å²) in [7, 11) is 3.70. The largest absolute Gasteiger partial charge is 0.394 e. The standard InChI is InChI=1S/C14H28N4O/c1-6-11(7-2)18(9-10-19-5)14-13(15)12(8-3)16-17(14)4/h11H,6-10,15H2,1-5H3. The molecule has 19 heavy (non-hydrogen) atoms. The third-order valence-corrected chi connectivity index (χ3v) is 3.66. The second-order valence-corrected chi connectivity index (χ2v) is 4.82. The predicted octanol–water partition coefficient (Wildman–Crippen LogP) is 2.21. The average Bonchev–Trinajstić information content (AvgIpc) is 2.70.